The van der Waals surface area contributed by atoms with Crippen molar-refractivity contribution in [2.24, 2.45) is 0 Å². The van der Waals surface area contributed by atoms with Gasteiger partial charge in [0.25, 0.3) is 0 Å². The number of amides is 2. The molecule has 2 aromatic rings. The first-order valence-electron chi connectivity index (χ1n) is 8.62. The van der Waals surface area contributed by atoms with Crippen LogP contribution in [0.5, 0.6) is 0 Å². The number of carbonyl (C=O) groups excluding carboxylic acids is 1. The summed E-state index contributed by atoms with van der Waals surface area (Å²) in [7, 11) is 3.93. The zero-order chi connectivity index (χ0) is 18.4. The van der Waals surface area contributed by atoms with E-state index < -0.39 is 0 Å². The molecule has 2 rings (SSSR count). The summed E-state index contributed by atoms with van der Waals surface area (Å²) in [5.74, 6) is 0.836. The van der Waals surface area contributed by atoms with Crippen LogP contribution in [0.1, 0.15) is 38.1 Å². The molecule has 5 heteroatoms. The molecule has 5 nitrogen and oxygen atoms in total. The zero-order valence-corrected chi connectivity index (χ0v) is 15.7. The lowest BCUT2D eigenvalue weighted by molar-refractivity contribution is 0.218. The average molecular weight is 343 g/mol. The van der Waals surface area contributed by atoms with E-state index in [9.17, 15) is 4.79 Å². The average Bonchev–Trinajstić information content (AvgIpc) is 3.09. The van der Waals surface area contributed by atoms with Crippen LogP contribution in [-0.2, 0) is 5.41 Å². The number of hydrogen-bond donors (Lipinski definition) is 2. The Bertz CT molecular complexity index is 651. The van der Waals surface area contributed by atoms with Gasteiger partial charge in [0.05, 0.1) is 12.3 Å². The highest BCUT2D eigenvalue weighted by atomic mass is 16.3. The molecule has 0 spiro atoms. The van der Waals surface area contributed by atoms with Crippen molar-refractivity contribution < 1.29 is 9.21 Å². The van der Waals surface area contributed by atoms with Gasteiger partial charge in [-0.2, -0.15) is 0 Å². The van der Waals surface area contributed by atoms with Gasteiger partial charge in [-0.3, -0.25) is 4.90 Å². The molecule has 0 aliphatic carbocycles. The Hall–Kier alpha value is -2.27. The van der Waals surface area contributed by atoms with Gasteiger partial charge in [-0.15, -0.1) is 0 Å². The van der Waals surface area contributed by atoms with Crippen molar-refractivity contribution in [2.45, 2.75) is 38.3 Å². The largest absolute Gasteiger partial charge is 0.468 e. The summed E-state index contributed by atoms with van der Waals surface area (Å²) in [6.07, 6.45) is 1.65. The standard InChI is InChI=1S/C20H29N3O2/c1-15(20(2,3)16-10-7-6-8-11-16)22-19(24)21-14-17(23(4)5)18-12-9-13-25-18/h6-13,15,17H,14H2,1-5H3,(H2,21,22,24). The van der Waals surface area contributed by atoms with Crippen molar-refractivity contribution in [3.05, 3.63) is 60.1 Å². The van der Waals surface area contributed by atoms with Crippen LogP contribution in [-0.4, -0.2) is 37.6 Å². The van der Waals surface area contributed by atoms with Gasteiger partial charge in [0.15, 0.2) is 0 Å². The highest BCUT2D eigenvalue weighted by Crippen LogP contribution is 2.26. The first-order valence-corrected chi connectivity index (χ1v) is 8.62. The van der Waals surface area contributed by atoms with E-state index >= 15 is 0 Å². The van der Waals surface area contributed by atoms with Crippen molar-refractivity contribution in [1.82, 2.24) is 15.5 Å². The van der Waals surface area contributed by atoms with Gasteiger partial charge in [0.1, 0.15) is 5.76 Å². The van der Waals surface area contributed by atoms with Gasteiger partial charge in [0, 0.05) is 18.0 Å². The summed E-state index contributed by atoms with van der Waals surface area (Å²) < 4.78 is 5.47. The smallest absolute Gasteiger partial charge is 0.315 e. The van der Waals surface area contributed by atoms with E-state index in [1.54, 1.807) is 6.26 Å². The molecule has 0 bridgehead atoms. The topological polar surface area (TPSA) is 57.5 Å². The zero-order valence-electron chi connectivity index (χ0n) is 15.7. The first-order chi connectivity index (χ1) is 11.8. The molecule has 1 aromatic heterocycles. The van der Waals surface area contributed by atoms with Gasteiger partial charge in [0.2, 0.25) is 0 Å². The van der Waals surface area contributed by atoms with E-state index in [-0.39, 0.29) is 23.5 Å². The Morgan fingerprint density at radius 3 is 2.40 bits per heavy atom. The minimum atomic E-state index is -0.171. The number of rotatable bonds is 7. The summed E-state index contributed by atoms with van der Waals surface area (Å²) in [6.45, 7) is 6.78. The molecule has 1 heterocycles. The second-order valence-electron chi connectivity index (χ2n) is 7.16. The van der Waals surface area contributed by atoms with Crippen LogP contribution in [0.15, 0.2) is 53.1 Å². The summed E-state index contributed by atoms with van der Waals surface area (Å²) in [5, 5.41) is 6.01. The number of nitrogens with one attached hydrogen (secondary N) is 2. The number of furan rings is 1. The Labute approximate surface area is 150 Å². The number of hydrogen-bond acceptors (Lipinski definition) is 3. The quantitative estimate of drug-likeness (QED) is 0.808. The molecule has 0 aliphatic rings. The Morgan fingerprint density at radius 2 is 1.84 bits per heavy atom. The highest BCUT2D eigenvalue weighted by molar-refractivity contribution is 5.74. The van der Waals surface area contributed by atoms with Crippen LogP contribution in [0.25, 0.3) is 0 Å². The monoisotopic (exact) mass is 343 g/mol. The summed E-state index contributed by atoms with van der Waals surface area (Å²) in [4.78, 5) is 14.4. The Morgan fingerprint density at radius 1 is 1.16 bits per heavy atom. The number of nitrogens with zero attached hydrogens (tertiary/aromatic N) is 1. The second kappa shape index (κ2) is 8.21. The van der Waals surface area contributed by atoms with E-state index in [4.69, 9.17) is 4.42 Å². The summed E-state index contributed by atoms with van der Waals surface area (Å²) in [6, 6.07) is 13.8. The third-order valence-corrected chi connectivity index (χ3v) is 4.90. The van der Waals surface area contributed by atoms with Crippen LogP contribution >= 0.6 is 0 Å². The van der Waals surface area contributed by atoms with Crippen molar-refractivity contribution in [3.63, 3.8) is 0 Å². The minimum absolute atomic E-state index is 0.00168. The molecular weight excluding hydrogens is 314 g/mol. The van der Waals surface area contributed by atoms with Gasteiger partial charge in [-0.1, -0.05) is 44.2 Å². The normalized spacial score (nSPS) is 14.2. The molecular formula is C20H29N3O2. The van der Waals surface area contributed by atoms with Crippen LogP contribution in [0.4, 0.5) is 4.79 Å². The molecule has 0 aliphatic heterocycles. The maximum atomic E-state index is 12.4. The molecule has 1 aromatic carbocycles. The van der Waals surface area contributed by atoms with Crippen LogP contribution < -0.4 is 10.6 Å². The lowest BCUT2D eigenvalue weighted by Gasteiger charge is -2.33. The van der Waals surface area contributed by atoms with E-state index in [0.29, 0.717) is 6.54 Å². The minimum Gasteiger partial charge on any atom is -0.468 e. The van der Waals surface area contributed by atoms with E-state index in [0.717, 1.165) is 5.76 Å². The molecule has 2 atom stereocenters. The van der Waals surface area contributed by atoms with Crippen LogP contribution in [0, 0.1) is 0 Å². The third-order valence-electron chi connectivity index (χ3n) is 4.90. The van der Waals surface area contributed by atoms with E-state index in [1.807, 2.05) is 56.3 Å². The fourth-order valence-electron chi connectivity index (χ4n) is 2.75. The van der Waals surface area contributed by atoms with Crippen molar-refractivity contribution >= 4 is 6.03 Å². The van der Waals surface area contributed by atoms with Crippen LogP contribution in [0.3, 0.4) is 0 Å². The van der Waals surface area contributed by atoms with Gasteiger partial charge in [-0.25, -0.2) is 4.79 Å². The highest BCUT2D eigenvalue weighted by Gasteiger charge is 2.29. The molecule has 25 heavy (non-hydrogen) atoms. The van der Waals surface area contributed by atoms with E-state index in [1.165, 1.54) is 5.56 Å². The Kier molecular flexibility index (Phi) is 6.26. The number of carbonyl (C=O) groups is 1. The maximum absolute atomic E-state index is 12.4. The summed E-state index contributed by atoms with van der Waals surface area (Å²) >= 11 is 0. The second-order valence-corrected chi connectivity index (χ2v) is 7.16. The van der Waals surface area contributed by atoms with Crippen LogP contribution in [0.2, 0.25) is 0 Å². The predicted molar refractivity (Wildman–Crippen MR) is 101 cm³/mol. The Balaban J connectivity index is 1.93. The number of benzene rings is 1. The third kappa shape index (κ3) is 4.86. The number of urea groups is 1. The SMILES string of the molecule is CC(NC(=O)NCC(c1ccco1)N(C)C)C(C)(C)c1ccccc1. The molecule has 136 valence electrons. The molecule has 2 unspecified atom stereocenters. The summed E-state index contributed by atoms with van der Waals surface area (Å²) in [5.41, 5.74) is 1.03. The fourth-order valence-corrected chi connectivity index (χ4v) is 2.75. The lowest BCUT2D eigenvalue weighted by Crippen LogP contribution is -2.50. The number of likely N-dealkylation sites (N-methyl/N-ethyl adjacent to an activating group) is 1. The van der Waals surface area contributed by atoms with Crippen molar-refractivity contribution in [3.8, 4) is 0 Å². The van der Waals surface area contributed by atoms with Crippen molar-refractivity contribution in [1.29, 1.82) is 0 Å². The van der Waals surface area contributed by atoms with Gasteiger partial charge in [-0.05, 0) is 38.7 Å². The van der Waals surface area contributed by atoms with Gasteiger partial charge < -0.3 is 15.1 Å². The lowest BCUT2D eigenvalue weighted by atomic mass is 9.78. The molecule has 0 fully saturated rings. The fraction of sp³-hybridized carbons (Fsp3) is 0.450. The van der Waals surface area contributed by atoms with E-state index in [2.05, 4.69) is 36.6 Å². The maximum Gasteiger partial charge on any atom is 0.315 e. The molecule has 0 saturated heterocycles. The molecule has 0 saturated carbocycles. The van der Waals surface area contributed by atoms with Gasteiger partial charge >= 0.3 is 6.03 Å². The molecule has 2 amide bonds. The first kappa shape index (κ1) is 19.1. The predicted octanol–water partition coefficient (Wildman–Crippen LogP) is 3.55. The van der Waals surface area contributed by atoms with Crippen molar-refractivity contribution in [2.75, 3.05) is 20.6 Å². The molecule has 2 N–H and O–H groups in total. The molecule has 0 radical (unpaired) electrons.